The van der Waals surface area contributed by atoms with E-state index in [2.05, 4.69) is 5.32 Å². The van der Waals surface area contributed by atoms with E-state index < -0.39 is 11.2 Å². The van der Waals surface area contributed by atoms with Gasteiger partial charge in [0.2, 0.25) is 0 Å². The summed E-state index contributed by atoms with van der Waals surface area (Å²) >= 11 is 0. The van der Waals surface area contributed by atoms with Gasteiger partial charge < -0.3 is 15.5 Å². The molecule has 0 heterocycles. The number of nitrogens with one attached hydrogen (secondary N) is 1. The maximum atomic E-state index is 12.4. The van der Waals surface area contributed by atoms with Gasteiger partial charge in [-0.1, -0.05) is 25.0 Å². The molecule has 0 radical (unpaired) electrons. The van der Waals surface area contributed by atoms with Gasteiger partial charge in [-0.25, -0.2) is 0 Å². The summed E-state index contributed by atoms with van der Waals surface area (Å²) in [4.78, 5) is 12.4. The molecule has 2 rings (SSSR count). The van der Waals surface area contributed by atoms with Gasteiger partial charge in [0.1, 0.15) is 0 Å². The number of aliphatic hydroxyl groups is 2. The molecule has 0 unspecified atom stereocenters. The Morgan fingerprint density at radius 2 is 2.12 bits per heavy atom. The van der Waals surface area contributed by atoms with E-state index in [1.165, 1.54) is 0 Å². The third-order valence-electron chi connectivity index (χ3n) is 5.09. The van der Waals surface area contributed by atoms with E-state index in [4.69, 9.17) is 0 Å². The van der Waals surface area contributed by atoms with E-state index in [1.54, 1.807) is 13.8 Å². The van der Waals surface area contributed by atoms with Gasteiger partial charge in [0.05, 0.1) is 11.2 Å². The Hall–Kier alpha value is -1.39. The van der Waals surface area contributed by atoms with Crippen LogP contribution in [0.2, 0.25) is 0 Å². The maximum Gasteiger partial charge on any atom is 0.251 e. The lowest BCUT2D eigenvalue weighted by molar-refractivity contribution is -0.0301. The fraction of sp³-hybridized carbons (Fsp3) is 0.650. The molecule has 2 atom stereocenters. The molecule has 3 N–H and O–H groups in total. The molecule has 0 bridgehead atoms. The summed E-state index contributed by atoms with van der Waals surface area (Å²) in [5.74, 6) is 0.0232. The van der Waals surface area contributed by atoms with Crippen molar-refractivity contribution in [2.75, 3.05) is 6.54 Å². The van der Waals surface area contributed by atoms with Gasteiger partial charge in [-0.15, -0.1) is 0 Å². The first kappa shape index (κ1) is 18.9. The standard InChI is InChI=1S/C20H31NO3/c1-19(2,23)12-10-15-7-6-8-16(13-15)18(22)21-14-17-9-4-5-11-20(17,3)24/h6-8,13,17,23-24H,4-5,9-12,14H2,1-3H3,(H,21,22)/t17-,20-/m0/s1. The van der Waals surface area contributed by atoms with Crippen molar-refractivity contribution in [2.24, 2.45) is 5.92 Å². The van der Waals surface area contributed by atoms with E-state index in [0.29, 0.717) is 18.5 Å². The van der Waals surface area contributed by atoms with Crippen molar-refractivity contribution in [1.82, 2.24) is 5.32 Å². The van der Waals surface area contributed by atoms with Crippen LogP contribution in [-0.2, 0) is 6.42 Å². The summed E-state index contributed by atoms with van der Waals surface area (Å²) in [6.07, 6.45) is 5.33. The average molecular weight is 333 g/mol. The molecule has 4 nitrogen and oxygen atoms in total. The molecule has 1 saturated carbocycles. The maximum absolute atomic E-state index is 12.4. The molecule has 1 amide bonds. The smallest absolute Gasteiger partial charge is 0.251 e. The van der Waals surface area contributed by atoms with Gasteiger partial charge in [0, 0.05) is 18.0 Å². The normalized spacial score (nSPS) is 24.6. The first-order valence-corrected chi connectivity index (χ1v) is 8.99. The quantitative estimate of drug-likeness (QED) is 0.749. The second-order valence-corrected chi connectivity index (χ2v) is 8.02. The summed E-state index contributed by atoms with van der Waals surface area (Å²) in [5.41, 5.74) is 0.304. The topological polar surface area (TPSA) is 69.6 Å². The third-order valence-corrected chi connectivity index (χ3v) is 5.09. The Balaban J connectivity index is 1.92. The summed E-state index contributed by atoms with van der Waals surface area (Å²) in [7, 11) is 0. The van der Waals surface area contributed by atoms with Crippen molar-refractivity contribution in [3.05, 3.63) is 35.4 Å². The monoisotopic (exact) mass is 333 g/mol. The zero-order valence-corrected chi connectivity index (χ0v) is 15.1. The molecule has 4 heteroatoms. The number of amides is 1. The van der Waals surface area contributed by atoms with Crippen LogP contribution in [0.25, 0.3) is 0 Å². The molecule has 24 heavy (non-hydrogen) atoms. The van der Waals surface area contributed by atoms with Crippen molar-refractivity contribution < 1.29 is 15.0 Å². The van der Waals surface area contributed by atoms with E-state index >= 15 is 0 Å². The zero-order chi connectivity index (χ0) is 17.8. The number of benzene rings is 1. The predicted octanol–water partition coefficient (Wildman–Crippen LogP) is 3.06. The van der Waals surface area contributed by atoms with Crippen molar-refractivity contribution in [3.8, 4) is 0 Å². The number of rotatable bonds is 6. The molecule has 1 aliphatic carbocycles. The third kappa shape index (κ3) is 5.60. The van der Waals surface area contributed by atoms with Crippen LogP contribution < -0.4 is 5.32 Å². The summed E-state index contributed by atoms with van der Waals surface area (Å²) in [6.45, 7) is 5.97. The fourth-order valence-electron chi connectivity index (χ4n) is 3.35. The van der Waals surface area contributed by atoms with E-state index in [1.807, 2.05) is 31.2 Å². The number of aryl methyl sites for hydroxylation is 1. The highest BCUT2D eigenvalue weighted by Gasteiger charge is 2.34. The van der Waals surface area contributed by atoms with E-state index in [-0.39, 0.29) is 11.8 Å². The minimum atomic E-state index is -0.704. The second kappa shape index (κ2) is 7.66. The highest BCUT2D eigenvalue weighted by molar-refractivity contribution is 5.94. The molecule has 134 valence electrons. The highest BCUT2D eigenvalue weighted by Crippen LogP contribution is 2.32. The number of carbonyl (C=O) groups excluding carboxylic acids is 1. The molecule has 1 aromatic carbocycles. The second-order valence-electron chi connectivity index (χ2n) is 8.02. The molecular formula is C20H31NO3. The molecule has 0 spiro atoms. The predicted molar refractivity (Wildman–Crippen MR) is 96.0 cm³/mol. The molecule has 1 fully saturated rings. The van der Waals surface area contributed by atoms with Crippen LogP contribution in [0, 0.1) is 5.92 Å². The van der Waals surface area contributed by atoms with Crippen molar-refractivity contribution in [3.63, 3.8) is 0 Å². The molecule has 1 aliphatic rings. The minimum Gasteiger partial charge on any atom is -0.390 e. The van der Waals surface area contributed by atoms with Gasteiger partial charge >= 0.3 is 0 Å². The molecular weight excluding hydrogens is 302 g/mol. The zero-order valence-electron chi connectivity index (χ0n) is 15.1. The Morgan fingerprint density at radius 1 is 1.38 bits per heavy atom. The minimum absolute atomic E-state index is 0.0958. The summed E-state index contributed by atoms with van der Waals surface area (Å²) in [5, 5.41) is 23.2. The summed E-state index contributed by atoms with van der Waals surface area (Å²) in [6, 6.07) is 7.56. The van der Waals surface area contributed by atoms with Crippen LogP contribution in [0.1, 0.15) is 68.8 Å². The Labute approximate surface area is 145 Å². The highest BCUT2D eigenvalue weighted by atomic mass is 16.3. The Bertz CT molecular complexity index is 560. The molecule has 0 aromatic heterocycles. The fourth-order valence-corrected chi connectivity index (χ4v) is 3.35. The van der Waals surface area contributed by atoms with Crippen molar-refractivity contribution in [2.45, 2.75) is 70.5 Å². The lowest BCUT2D eigenvalue weighted by Crippen LogP contribution is -2.44. The van der Waals surface area contributed by atoms with Crippen LogP contribution in [-0.4, -0.2) is 33.9 Å². The Morgan fingerprint density at radius 3 is 2.79 bits per heavy atom. The largest absolute Gasteiger partial charge is 0.390 e. The van der Waals surface area contributed by atoms with Crippen LogP contribution in [0.4, 0.5) is 0 Å². The van der Waals surface area contributed by atoms with Gasteiger partial charge in [0.25, 0.3) is 5.91 Å². The van der Waals surface area contributed by atoms with Gasteiger partial charge in [0.15, 0.2) is 0 Å². The number of hydrogen-bond acceptors (Lipinski definition) is 3. The number of carbonyl (C=O) groups is 1. The molecule has 1 aromatic rings. The number of hydrogen-bond donors (Lipinski definition) is 3. The van der Waals surface area contributed by atoms with Crippen molar-refractivity contribution >= 4 is 5.91 Å². The lowest BCUT2D eigenvalue weighted by Gasteiger charge is -2.37. The van der Waals surface area contributed by atoms with Crippen LogP contribution in [0.3, 0.4) is 0 Å². The first-order valence-electron chi connectivity index (χ1n) is 8.99. The Kier molecular flexibility index (Phi) is 6.05. The molecule has 0 aliphatic heterocycles. The average Bonchev–Trinajstić information content (AvgIpc) is 2.51. The van der Waals surface area contributed by atoms with Crippen LogP contribution >= 0.6 is 0 Å². The first-order chi connectivity index (χ1) is 11.2. The van der Waals surface area contributed by atoms with Crippen LogP contribution in [0.5, 0.6) is 0 Å². The van der Waals surface area contributed by atoms with E-state index in [0.717, 1.165) is 37.7 Å². The summed E-state index contributed by atoms with van der Waals surface area (Å²) < 4.78 is 0. The van der Waals surface area contributed by atoms with Crippen LogP contribution in [0.15, 0.2) is 24.3 Å². The lowest BCUT2D eigenvalue weighted by atomic mass is 9.76. The van der Waals surface area contributed by atoms with Gasteiger partial charge in [-0.3, -0.25) is 4.79 Å². The molecule has 0 saturated heterocycles. The van der Waals surface area contributed by atoms with Gasteiger partial charge in [-0.2, -0.15) is 0 Å². The van der Waals surface area contributed by atoms with E-state index in [9.17, 15) is 15.0 Å². The SMILES string of the molecule is CC(C)(O)CCc1cccc(C(=O)NC[C@@H]2CCCC[C@]2(C)O)c1. The van der Waals surface area contributed by atoms with Crippen molar-refractivity contribution in [1.29, 1.82) is 0 Å². The van der Waals surface area contributed by atoms with Gasteiger partial charge in [-0.05, 0) is 64.2 Å².